The molecule has 1 aromatic heterocycles. The Balaban J connectivity index is 2.18. The molecule has 0 atom stereocenters. The highest BCUT2D eigenvalue weighted by atomic mass is 19.1. The summed E-state index contributed by atoms with van der Waals surface area (Å²) in [6.07, 6.45) is 3.31. The fourth-order valence-corrected chi connectivity index (χ4v) is 2.54. The van der Waals surface area contributed by atoms with Crippen molar-refractivity contribution >= 4 is 5.69 Å². The summed E-state index contributed by atoms with van der Waals surface area (Å²) in [5, 5.41) is 13.6. The Bertz CT molecular complexity index is 748. The number of nitro groups is 1. The summed E-state index contributed by atoms with van der Waals surface area (Å²) in [6, 6.07) is 3.14. The summed E-state index contributed by atoms with van der Waals surface area (Å²) in [7, 11) is 0. The van der Waals surface area contributed by atoms with Crippen LogP contribution in [0.2, 0.25) is 0 Å². The van der Waals surface area contributed by atoms with Gasteiger partial charge in [0.2, 0.25) is 0 Å². The Labute approximate surface area is 113 Å². The van der Waals surface area contributed by atoms with Crippen molar-refractivity contribution in [3.63, 3.8) is 0 Å². The van der Waals surface area contributed by atoms with E-state index in [-0.39, 0.29) is 16.9 Å². The molecule has 0 amide bonds. The van der Waals surface area contributed by atoms with E-state index in [1.54, 1.807) is 0 Å². The molecule has 0 radical (unpaired) electrons. The van der Waals surface area contributed by atoms with Gasteiger partial charge >= 0.3 is 0 Å². The topological polar surface area (TPSA) is 80.9 Å². The van der Waals surface area contributed by atoms with Crippen molar-refractivity contribution in [3.05, 3.63) is 55.7 Å². The highest BCUT2D eigenvalue weighted by Gasteiger charge is 2.21. The van der Waals surface area contributed by atoms with Crippen LogP contribution in [0.25, 0.3) is 5.69 Å². The van der Waals surface area contributed by atoms with Gasteiger partial charge in [-0.1, -0.05) is 0 Å². The molecule has 0 saturated heterocycles. The maximum Gasteiger partial charge on any atom is 0.274 e. The number of aromatic amines is 1. The van der Waals surface area contributed by atoms with Crippen LogP contribution in [0.4, 0.5) is 10.1 Å². The van der Waals surface area contributed by atoms with Gasteiger partial charge in [0.1, 0.15) is 11.5 Å². The highest BCUT2D eigenvalue weighted by molar-refractivity contribution is 5.44. The van der Waals surface area contributed by atoms with E-state index in [4.69, 9.17) is 0 Å². The first-order valence-corrected chi connectivity index (χ1v) is 6.35. The van der Waals surface area contributed by atoms with E-state index in [9.17, 15) is 19.3 Å². The van der Waals surface area contributed by atoms with Crippen molar-refractivity contribution < 1.29 is 9.31 Å². The number of aromatic nitrogens is 2. The van der Waals surface area contributed by atoms with Crippen LogP contribution in [0.3, 0.4) is 0 Å². The monoisotopic (exact) mass is 277 g/mol. The minimum atomic E-state index is -0.670. The third-order valence-corrected chi connectivity index (χ3v) is 3.56. The number of aryl methyl sites for hydroxylation is 1. The molecular formula is C13H12FN3O3. The lowest BCUT2D eigenvalue weighted by Gasteiger charge is -2.07. The van der Waals surface area contributed by atoms with Crippen LogP contribution in [0.1, 0.15) is 24.1 Å². The van der Waals surface area contributed by atoms with Crippen molar-refractivity contribution in [2.45, 2.75) is 25.7 Å². The van der Waals surface area contributed by atoms with Crippen molar-refractivity contribution in [2.24, 2.45) is 0 Å². The van der Waals surface area contributed by atoms with Crippen molar-refractivity contribution in [1.82, 2.24) is 9.78 Å². The lowest BCUT2D eigenvalue weighted by atomic mass is 9.98. The maximum absolute atomic E-state index is 13.9. The van der Waals surface area contributed by atoms with E-state index >= 15 is 0 Å². The smallest absolute Gasteiger partial charge is 0.274 e. The number of halogens is 1. The molecule has 6 nitrogen and oxygen atoms in total. The molecule has 0 spiro atoms. The molecule has 7 heteroatoms. The molecule has 1 aliphatic rings. The summed E-state index contributed by atoms with van der Waals surface area (Å²) >= 11 is 0. The molecule has 0 unspecified atom stereocenters. The molecule has 1 N–H and O–H groups in total. The summed E-state index contributed by atoms with van der Waals surface area (Å²) in [4.78, 5) is 22.4. The normalized spacial score (nSPS) is 14.1. The van der Waals surface area contributed by atoms with Crippen molar-refractivity contribution in [1.29, 1.82) is 0 Å². The Kier molecular flexibility index (Phi) is 2.89. The standard InChI is InChI=1S/C13H12FN3O3/c14-10-6-5-8(17(19)20)7-12(10)16-13(18)9-3-1-2-4-11(9)15-16/h5-7,15H,1-4H2. The lowest BCUT2D eigenvalue weighted by Crippen LogP contribution is -2.19. The summed E-state index contributed by atoms with van der Waals surface area (Å²) in [6.45, 7) is 0. The van der Waals surface area contributed by atoms with Crippen LogP contribution in [-0.4, -0.2) is 14.7 Å². The summed E-state index contributed by atoms with van der Waals surface area (Å²) in [5.41, 5.74) is 0.771. The van der Waals surface area contributed by atoms with Crippen LogP contribution in [0.5, 0.6) is 0 Å². The molecule has 0 saturated carbocycles. The molecular weight excluding hydrogens is 265 g/mol. The van der Waals surface area contributed by atoms with Gasteiger partial charge in [-0.15, -0.1) is 0 Å². The van der Waals surface area contributed by atoms with Gasteiger partial charge in [0.05, 0.1) is 4.92 Å². The molecule has 1 heterocycles. The first-order valence-electron chi connectivity index (χ1n) is 6.35. The van der Waals surface area contributed by atoms with E-state index in [0.29, 0.717) is 12.0 Å². The number of nitrogens with one attached hydrogen (secondary N) is 1. The molecule has 0 fully saturated rings. The van der Waals surface area contributed by atoms with Crippen LogP contribution < -0.4 is 5.56 Å². The van der Waals surface area contributed by atoms with E-state index < -0.39 is 10.7 Å². The fraction of sp³-hybridized carbons (Fsp3) is 0.308. The Morgan fingerprint density at radius 2 is 2.05 bits per heavy atom. The van der Waals surface area contributed by atoms with Gasteiger partial charge in [0.25, 0.3) is 11.2 Å². The van der Waals surface area contributed by atoms with Crippen molar-refractivity contribution in [2.75, 3.05) is 0 Å². The summed E-state index contributed by atoms with van der Waals surface area (Å²) in [5.74, 6) is -0.670. The predicted molar refractivity (Wildman–Crippen MR) is 69.6 cm³/mol. The molecule has 20 heavy (non-hydrogen) atoms. The molecule has 0 bridgehead atoms. The Hall–Kier alpha value is -2.44. The number of non-ortho nitro benzene ring substituents is 1. The van der Waals surface area contributed by atoms with Gasteiger partial charge in [-0.3, -0.25) is 20.0 Å². The van der Waals surface area contributed by atoms with Crippen LogP contribution in [-0.2, 0) is 12.8 Å². The Morgan fingerprint density at radius 1 is 1.30 bits per heavy atom. The van der Waals surface area contributed by atoms with Gasteiger partial charge in [-0.2, -0.15) is 0 Å². The second-order valence-corrected chi connectivity index (χ2v) is 4.81. The number of fused-ring (bicyclic) bond motifs is 1. The number of rotatable bonds is 2. The number of hydrogen-bond donors (Lipinski definition) is 1. The van der Waals surface area contributed by atoms with Gasteiger partial charge in [0, 0.05) is 23.4 Å². The molecule has 0 aliphatic heterocycles. The molecule has 3 rings (SSSR count). The van der Waals surface area contributed by atoms with Crippen LogP contribution >= 0.6 is 0 Å². The first kappa shape index (κ1) is 12.6. The average molecular weight is 277 g/mol. The lowest BCUT2D eigenvalue weighted by molar-refractivity contribution is -0.384. The number of H-pyrrole nitrogens is 1. The van der Waals surface area contributed by atoms with E-state index in [1.807, 2.05) is 0 Å². The minimum absolute atomic E-state index is 0.112. The minimum Gasteiger partial charge on any atom is -0.295 e. The number of benzene rings is 1. The average Bonchev–Trinajstić information content (AvgIpc) is 2.77. The number of nitrogens with zero attached hydrogens (tertiary/aromatic N) is 2. The van der Waals surface area contributed by atoms with Gasteiger partial charge in [-0.25, -0.2) is 9.07 Å². The zero-order chi connectivity index (χ0) is 14.3. The predicted octanol–water partition coefficient (Wildman–Crippen LogP) is 2.09. The van der Waals surface area contributed by atoms with Crippen molar-refractivity contribution in [3.8, 4) is 5.69 Å². The number of nitro benzene ring substituents is 1. The van der Waals surface area contributed by atoms with Gasteiger partial charge < -0.3 is 0 Å². The van der Waals surface area contributed by atoms with Gasteiger partial charge in [-0.05, 0) is 31.7 Å². The molecule has 1 aromatic carbocycles. The number of hydrogen-bond acceptors (Lipinski definition) is 3. The third kappa shape index (κ3) is 1.91. The van der Waals surface area contributed by atoms with E-state index in [0.717, 1.165) is 47.8 Å². The Morgan fingerprint density at radius 3 is 2.75 bits per heavy atom. The van der Waals surface area contributed by atoms with E-state index in [1.165, 1.54) is 0 Å². The SMILES string of the molecule is O=c1c2c([nH]n1-c1cc([N+](=O)[O-])ccc1F)CCCC2. The summed E-state index contributed by atoms with van der Waals surface area (Å²) < 4.78 is 14.9. The molecule has 1 aliphatic carbocycles. The fourth-order valence-electron chi connectivity index (χ4n) is 2.54. The van der Waals surface area contributed by atoms with Crippen LogP contribution in [0.15, 0.2) is 23.0 Å². The van der Waals surface area contributed by atoms with Crippen LogP contribution in [0, 0.1) is 15.9 Å². The largest absolute Gasteiger partial charge is 0.295 e. The molecule has 2 aromatic rings. The zero-order valence-corrected chi connectivity index (χ0v) is 10.6. The van der Waals surface area contributed by atoms with Gasteiger partial charge in [0.15, 0.2) is 0 Å². The second kappa shape index (κ2) is 4.59. The third-order valence-electron chi connectivity index (χ3n) is 3.56. The van der Waals surface area contributed by atoms with E-state index in [2.05, 4.69) is 5.10 Å². The zero-order valence-electron chi connectivity index (χ0n) is 10.6. The second-order valence-electron chi connectivity index (χ2n) is 4.81. The quantitative estimate of drug-likeness (QED) is 0.674. The maximum atomic E-state index is 13.9. The highest BCUT2D eigenvalue weighted by Crippen LogP contribution is 2.22. The molecule has 104 valence electrons. The first-order chi connectivity index (χ1) is 9.58.